The van der Waals surface area contributed by atoms with E-state index >= 15 is 0 Å². The highest BCUT2D eigenvalue weighted by Crippen LogP contribution is 2.72. The number of rotatable bonds is 6. The van der Waals surface area contributed by atoms with Gasteiger partial charge in [0.1, 0.15) is 49.3 Å². The molecule has 2 aliphatic heterocycles. The molecular formula is C32H52O14. The summed E-state index contributed by atoms with van der Waals surface area (Å²) in [5.41, 5.74) is 0.128. The maximum Gasteiger partial charge on any atom is 0.309 e. The van der Waals surface area contributed by atoms with Gasteiger partial charge in [0.05, 0.1) is 24.2 Å². The van der Waals surface area contributed by atoms with Gasteiger partial charge in [0.15, 0.2) is 6.29 Å². The van der Waals surface area contributed by atoms with E-state index in [1.807, 2.05) is 6.92 Å². The van der Waals surface area contributed by atoms with Crippen molar-refractivity contribution in [2.75, 3.05) is 19.8 Å². The molecule has 4 aliphatic carbocycles. The van der Waals surface area contributed by atoms with Crippen molar-refractivity contribution >= 4 is 5.97 Å². The summed E-state index contributed by atoms with van der Waals surface area (Å²) in [5.74, 6) is -2.00. The van der Waals surface area contributed by atoms with E-state index in [9.17, 15) is 45.6 Å². The lowest BCUT2D eigenvalue weighted by molar-refractivity contribution is -0.383. The van der Waals surface area contributed by atoms with Crippen molar-refractivity contribution in [3.8, 4) is 0 Å². The van der Waals surface area contributed by atoms with E-state index in [-0.39, 0.29) is 16.7 Å². The molecule has 2 saturated heterocycles. The molecule has 0 aromatic heterocycles. The second-order valence-corrected chi connectivity index (χ2v) is 15.2. The van der Waals surface area contributed by atoms with Gasteiger partial charge in [-0.3, -0.25) is 4.79 Å². The quantitative estimate of drug-likeness (QED) is 0.150. The summed E-state index contributed by atoms with van der Waals surface area (Å²) in [6, 6.07) is 0. The summed E-state index contributed by atoms with van der Waals surface area (Å²) in [6.45, 7) is 6.23. The average molecular weight is 661 g/mol. The van der Waals surface area contributed by atoms with Crippen molar-refractivity contribution in [3.63, 3.8) is 0 Å². The third kappa shape index (κ3) is 5.46. The van der Waals surface area contributed by atoms with Crippen LogP contribution in [-0.2, 0) is 19.0 Å². The van der Waals surface area contributed by atoms with E-state index in [0.29, 0.717) is 5.92 Å². The van der Waals surface area contributed by atoms with Crippen molar-refractivity contribution in [1.82, 2.24) is 0 Å². The molecule has 0 aromatic carbocycles. The molecule has 0 unspecified atom stereocenters. The third-order valence-electron chi connectivity index (χ3n) is 12.7. The zero-order valence-electron chi connectivity index (χ0n) is 26.6. The number of fused-ring (bicyclic) bond motifs is 3. The number of aliphatic carboxylic acids is 1. The lowest BCUT2D eigenvalue weighted by Crippen LogP contribution is -2.62. The lowest BCUT2D eigenvalue weighted by Gasteiger charge is -2.63. The number of aliphatic hydroxyl groups is 9. The third-order valence-corrected chi connectivity index (χ3v) is 12.7. The van der Waals surface area contributed by atoms with Crippen LogP contribution in [0, 0.1) is 28.1 Å². The Bertz CT molecular complexity index is 1150. The molecule has 46 heavy (non-hydrogen) atoms. The second kappa shape index (κ2) is 12.6. The standard InChI is InChI=1S/C20H30O3.C12H22O11/c1-13-11-19-9-5-14-17(2,7-4-8-18(14,3)16(21)22)15(19)6-10-20(13,23)12-19;13-1-4-6(16)8(18)9(19)11(21-4)23-12(3-15)10(20)7(17)5(2-14)22-12/h14-15,23H,1,4-12H2,2-3H3,(H,21,22);4-11,13-20H,1-3H2/t14-,15-,17+,18+,19+,20-;4-,5-,6-,7-,8+,9-,10+,11-,12+/m01/s1. The van der Waals surface area contributed by atoms with Crippen LogP contribution < -0.4 is 0 Å². The van der Waals surface area contributed by atoms with Crippen LogP contribution in [0.25, 0.3) is 0 Å². The summed E-state index contributed by atoms with van der Waals surface area (Å²) in [6.07, 6.45) is -3.90. The summed E-state index contributed by atoms with van der Waals surface area (Å²) < 4.78 is 15.4. The minimum atomic E-state index is -2.22. The first-order valence-electron chi connectivity index (χ1n) is 16.4. The van der Waals surface area contributed by atoms with Crippen LogP contribution in [0.15, 0.2) is 12.2 Å². The number of carbonyl (C=O) groups is 1. The zero-order chi connectivity index (χ0) is 34.0. The van der Waals surface area contributed by atoms with Crippen LogP contribution in [0.1, 0.15) is 71.6 Å². The minimum Gasteiger partial charge on any atom is -0.481 e. The molecule has 0 aromatic rings. The van der Waals surface area contributed by atoms with E-state index in [2.05, 4.69) is 13.5 Å². The van der Waals surface area contributed by atoms with Gasteiger partial charge in [-0.15, -0.1) is 0 Å². The van der Waals surface area contributed by atoms with Gasteiger partial charge in [0.2, 0.25) is 5.79 Å². The molecule has 1 spiro atoms. The van der Waals surface area contributed by atoms with E-state index in [1.54, 1.807) is 0 Å². The molecule has 264 valence electrons. The van der Waals surface area contributed by atoms with Crippen molar-refractivity contribution in [3.05, 3.63) is 12.2 Å². The Morgan fingerprint density at radius 3 is 2.13 bits per heavy atom. The summed E-state index contributed by atoms with van der Waals surface area (Å²) in [4.78, 5) is 12.0. The van der Waals surface area contributed by atoms with Crippen LogP contribution in [0.2, 0.25) is 0 Å². The Labute approximate surface area is 268 Å². The summed E-state index contributed by atoms with van der Waals surface area (Å²) in [5, 5.41) is 97.5. The van der Waals surface area contributed by atoms with Gasteiger partial charge in [-0.1, -0.05) is 19.9 Å². The number of carboxylic acid groups (broad SMARTS) is 1. The van der Waals surface area contributed by atoms with Gasteiger partial charge in [-0.2, -0.15) is 0 Å². The first-order valence-corrected chi connectivity index (χ1v) is 16.4. The molecule has 10 N–H and O–H groups in total. The molecule has 6 rings (SSSR count). The minimum absolute atomic E-state index is 0.107. The van der Waals surface area contributed by atoms with Crippen LogP contribution in [0.4, 0.5) is 0 Å². The van der Waals surface area contributed by atoms with Crippen molar-refractivity contribution < 1.29 is 70.1 Å². The molecule has 6 aliphatic rings. The Hall–Kier alpha value is -1.27. The topological polar surface area (TPSA) is 247 Å². The number of hydrogen-bond acceptors (Lipinski definition) is 13. The van der Waals surface area contributed by atoms with E-state index in [4.69, 9.17) is 24.4 Å². The lowest BCUT2D eigenvalue weighted by atomic mass is 9.41. The molecule has 6 fully saturated rings. The molecule has 14 heteroatoms. The number of aliphatic hydroxyl groups excluding tert-OH is 8. The SMILES string of the molecule is C=C1C[C@@]23CC[C@H]4[C@@](C)(CCC[C@@]4(C)C(=O)O)[C@@H]2CC[C@]1(O)C3.OC[C@H]1O[C@@](CO)(O[C@H]2O[C@H](CO)[C@@H](O)[C@H](O)[C@H]2O)[C@@H](O)[C@@H]1O. The fourth-order valence-corrected chi connectivity index (χ4v) is 10.2. The Balaban J connectivity index is 0.000000181. The number of ether oxygens (including phenoxy) is 3. The normalized spacial score (nSPS) is 53.2. The van der Waals surface area contributed by atoms with E-state index in [1.165, 1.54) is 0 Å². The molecule has 2 heterocycles. The Morgan fingerprint density at radius 1 is 0.891 bits per heavy atom. The maximum absolute atomic E-state index is 12.0. The predicted octanol–water partition coefficient (Wildman–Crippen LogP) is -1.24. The Kier molecular flexibility index (Phi) is 9.84. The number of hydrogen-bond donors (Lipinski definition) is 10. The molecular weight excluding hydrogens is 608 g/mol. The van der Waals surface area contributed by atoms with Crippen LogP contribution in [0.5, 0.6) is 0 Å². The van der Waals surface area contributed by atoms with E-state index < -0.39 is 91.6 Å². The predicted molar refractivity (Wildman–Crippen MR) is 158 cm³/mol. The average Bonchev–Trinajstić information content (AvgIpc) is 3.36. The monoisotopic (exact) mass is 660 g/mol. The van der Waals surface area contributed by atoms with Gasteiger partial charge in [-0.05, 0) is 86.5 Å². The van der Waals surface area contributed by atoms with Gasteiger partial charge in [-0.25, -0.2) is 0 Å². The van der Waals surface area contributed by atoms with Crippen LogP contribution in [-0.4, -0.2) is 137 Å². The zero-order valence-corrected chi connectivity index (χ0v) is 26.6. The highest BCUT2D eigenvalue weighted by Gasteiger charge is 2.67. The van der Waals surface area contributed by atoms with Gasteiger partial charge in [0.25, 0.3) is 0 Å². The van der Waals surface area contributed by atoms with Crippen molar-refractivity contribution in [2.45, 2.75) is 132 Å². The summed E-state index contributed by atoms with van der Waals surface area (Å²) >= 11 is 0. The maximum atomic E-state index is 12.0. The smallest absolute Gasteiger partial charge is 0.309 e. The molecule has 2 bridgehead atoms. The van der Waals surface area contributed by atoms with Gasteiger partial charge < -0.3 is 65.3 Å². The molecule has 4 saturated carbocycles. The largest absolute Gasteiger partial charge is 0.481 e. The fourth-order valence-electron chi connectivity index (χ4n) is 10.2. The summed E-state index contributed by atoms with van der Waals surface area (Å²) in [7, 11) is 0. The first kappa shape index (κ1) is 36.0. The van der Waals surface area contributed by atoms with Crippen LogP contribution in [0.3, 0.4) is 0 Å². The highest BCUT2D eigenvalue weighted by atomic mass is 16.8. The molecule has 0 radical (unpaired) electrons. The fraction of sp³-hybridized carbons (Fsp3) is 0.906. The van der Waals surface area contributed by atoms with E-state index in [0.717, 1.165) is 63.4 Å². The van der Waals surface area contributed by atoms with Crippen molar-refractivity contribution in [2.24, 2.45) is 28.1 Å². The second-order valence-electron chi connectivity index (χ2n) is 15.2. The van der Waals surface area contributed by atoms with Crippen LogP contribution >= 0.6 is 0 Å². The Morgan fingerprint density at radius 2 is 1.54 bits per heavy atom. The molecule has 14 nitrogen and oxygen atoms in total. The van der Waals surface area contributed by atoms with Crippen molar-refractivity contribution in [1.29, 1.82) is 0 Å². The number of carboxylic acids is 1. The first-order chi connectivity index (χ1) is 21.5. The molecule has 15 atom stereocenters. The van der Waals surface area contributed by atoms with Gasteiger partial charge in [0, 0.05) is 0 Å². The van der Waals surface area contributed by atoms with Gasteiger partial charge >= 0.3 is 5.97 Å². The molecule has 0 amide bonds. The highest BCUT2D eigenvalue weighted by molar-refractivity contribution is 5.75.